The average molecular weight is 1010 g/mol. The first kappa shape index (κ1) is 58.4. The molecule has 73 heavy (non-hydrogen) atoms. The average Bonchev–Trinajstić information content (AvgIpc) is 3.27. The van der Waals surface area contributed by atoms with Gasteiger partial charge in [-0.2, -0.15) is 0 Å². The quantitative estimate of drug-likeness (QED) is 0.0382. The third-order valence-corrected chi connectivity index (χ3v) is 9.44. The Morgan fingerprint density at radius 2 is 0.767 bits per heavy atom. The van der Waals surface area contributed by atoms with Gasteiger partial charge in [-0.05, 0) is 118 Å². The molecule has 4 aromatic rings. The van der Waals surface area contributed by atoms with Crippen molar-refractivity contribution in [2.75, 3.05) is 26.4 Å². The van der Waals surface area contributed by atoms with Crippen molar-refractivity contribution in [1.29, 1.82) is 0 Å². The molecule has 0 aliphatic heterocycles. The minimum Gasteiger partial charge on any atom is -0.490 e. The van der Waals surface area contributed by atoms with Gasteiger partial charge in [0, 0.05) is 12.1 Å². The zero-order chi connectivity index (χ0) is 54.0. The molecule has 0 spiro atoms. The van der Waals surface area contributed by atoms with Gasteiger partial charge < -0.3 is 53.3 Å². The van der Waals surface area contributed by atoms with Gasteiger partial charge in [0.2, 0.25) is 0 Å². The van der Waals surface area contributed by atoms with Gasteiger partial charge in [-0.25, -0.2) is 9.59 Å². The molecular weight excluding hydrogens is 941 g/mol. The van der Waals surface area contributed by atoms with E-state index in [0.717, 1.165) is 11.1 Å². The molecule has 0 fully saturated rings. The van der Waals surface area contributed by atoms with Crippen molar-refractivity contribution in [3.8, 4) is 23.0 Å². The second kappa shape index (κ2) is 26.5. The molecular formula is C56H72N2O15. The summed E-state index contributed by atoms with van der Waals surface area (Å²) in [6.07, 6.45) is -0.972. The van der Waals surface area contributed by atoms with E-state index >= 15 is 0 Å². The smallest absolute Gasteiger partial charge is 0.329 e. The van der Waals surface area contributed by atoms with Crippen LogP contribution >= 0.6 is 0 Å². The number of rotatable bonds is 24. The van der Waals surface area contributed by atoms with Gasteiger partial charge in [-0.1, -0.05) is 60.7 Å². The minimum atomic E-state index is -1.39. The van der Waals surface area contributed by atoms with Crippen LogP contribution in [0.4, 0.5) is 0 Å². The van der Waals surface area contributed by atoms with Crippen molar-refractivity contribution >= 4 is 35.7 Å². The van der Waals surface area contributed by atoms with Crippen LogP contribution in [0.2, 0.25) is 0 Å². The number of benzene rings is 4. The van der Waals surface area contributed by atoms with Crippen LogP contribution in [0.3, 0.4) is 0 Å². The number of amides is 2. The molecule has 17 heteroatoms. The molecule has 0 radical (unpaired) electrons. The molecule has 2 atom stereocenters. The van der Waals surface area contributed by atoms with Crippen molar-refractivity contribution < 1.29 is 71.4 Å². The monoisotopic (exact) mass is 1010 g/mol. The molecule has 0 aromatic heterocycles. The lowest BCUT2D eigenvalue weighted by atomic mass is 10.1. The van der Waals surface area contributed by atoms with E-state index in [0.29, 0.717) is 11.5 Å². The first-order valence-electron chi connectivity index (χ1n) is 24.1. The molecule has 0 unspecified atom stereocenters. The SMILES string of the molecule is CC(C)(C)OC(=O)C[C@H](NC(=O)c1ccc(OCc2ccccc2)cc1OCCOCCOc1cc(OCc2ccccc2)ccc1C(=O)N[C@@H](CC(=O)OC(C)(C)C)C(=O)OC(C)(C)C)C(=O)OC(C)(C)C. The second-order valence-electron chi connectivity index (χ2n) is 20.9. The lowest BCUT2D eigenvalue weighted by Gasteiger charge is -2.26. The summed E-state index contributed by atoms with van der Waals surface area (Å²) in [5.41, 5.74) is -1.62. The molecule has 4 rings (SSSR count). The standard InChI is InChI=1S/C56H72N2O15/c1-53(2,3)70-47(59)33-43(51(63)72-55(7,8)9)57-49(61)41-25-23-39(68-35-37-19-15-13-16-20-37)31-45(41)66-29-27-65-28-30-67-46-32-40(69-36-38-21-17-14-18-22-38)24-26-42(46)50(62)58-44(52(64)73-56(10,11)12)34-48(60)71-54(4,5)6/h13-26,31-32,43-44H,27-30,33-36H2,1-12H3,(H,57,61)(H,58,62)/t43-,44-/m0/s1. The molecule has 0 heterocycles. The third-order valence-electron chi connectivity index (χ3n) is 9.44. The first-order chi connectivity index (χ1) is 34.1. The second-order valence-corrected chi connectivity index (χ2v) is 20.9. The predicted molar refractivity (Wildman–Crippen MR) is 271 cm³/mol. The van der Waals surface area contributed by atoms with Crippen LogP contribution < -0.4 is 29.6 Å². The van der Waals surface area contributed by atoms with Crippen LogP contribution in [0.25, 0.3) is 0 Å². The van der Waals surface area contributed by atoms with Crippen molar-refractivity contribution in [1.82, 2.24) is 10.6 Å². The van der Waals surface area contributed by atoms with E-state index in [1.165, 1.54) is 24.3 Å². The maximum atomic E-state index is 13.9. The van der Waals surface area contributed by atoms with Gasteiger partial charge in [0.05, 0.1) is 37.2 Å². The van der Waals surface area contributed by atoms with Crippen molar-refractivity contribution in [2.45, 2.75) is 144 Å². The van der Waals surface area contributed by atoms with Crippen LogP contribution in [0, 0.1) is 0 Å². The largest absolute Gasteiger partial charge is 0.490 e. The first-order valence-corrected chi connectivity index (χ1v) is 24.1. The topological polar surface area (TPSA) is 210 Å². The zero-order valence-electron chi connectivity index (χ0n) is 44.2. The molecule has 396 valence electrons. The highest BCUT2D eigenvalue weighted by Gasteiger charge is 2.34. The fourth-order valence-electron chi connectivity index (χ4n) is 6.51. The molecule has 2 amide bonds. The number of carbonyl (C=O) groups excluding carboxylic acids is 6. The maximum absolute atomic E-state index is 13.9. The number of carbonyl (C=O) groups is 6. The fourth-order valence-corrected chi connectivity index (χ4v) is 6.51. The zero-order valence-corrected chi connectivity index (χ0v) is 44.2. The van der Waals surface area contributed by atoms with E-state index in [4.69, 9.17) is 42.6 Å². The summed E-state index contributed by atoms with van der Waals surface area (Å²) in [4.78, 5) is 80.3. The maximum Gasteiger partial charge on any atom is 0.329 e. The molecule has 2 N–H and O–H groups in total. The lowest BCUT2D eigenvalue weighted by Crippen LogP contribution is -2.46. The van der Waals surface area contributed by atoms with Crippen LogP contribution in [-0.4, -0.2) is 96.6 Å². The van der Waals surface area contributed by atoms with E-state index in [9.17, 15) is 28.8 Å². The summed E-state index contributed by atoms with van der Waals surface area (Å²) >= 11 is 0. The van der Waals surface area contributed by atoms with Crippen molar-refractivity contribution in [2.24, 2.45) is 0 Å². The summed E-state index contributed by atoms with van der Waals surface area (Å²) in [6.45, 7) is 20.5. The predicted octanol–water partition coefficient (Wildman–Crippen LogP) is 8.66. The minimum absolute atomic E-state index is 0.00843. The molecule has 0 aliphatic rings. The highest BCUT2D eigenvalue weighted by molar-refractivity contribution is 6.01. The number of ether oxygens (including phenoxy) is 9. The Labute approximate surface area is 428 Å². The van der Waals surface area contributed by atoms with Crippen molar-refractivity contribution in [3.63, 3.8) is 0 Å². The lowest BCUT2D eigenvalue weighted by molar-refractivity contribution is -0.164. The normalized spacial score (nSPS) is 12.5. The highest BCUT2D eigenvalue weighted by Crippen LogP contribution is 2.29. The Morgan fingerprint density at radius 1 is 0.425 bits per heavy atom. The van der Waals surface area contributed by atoms with E-state index in [1.807, 2.05) is 60.7 Å². The van der Waals surface area contributed by atoms with Gasteiger partial charge in [0.1, 0.15) is 83.9 Å². The van der Waals surface area contributed by atoms with Gasteiger partial charge in [-0.15, -0.1) is 0 Å². The highest BCUT2D eigenvalue weighted by atomic mass is 16.6. The Hall–Kier alpha value is -7.14. The van der Waals surface area contributed by atoms with E-state index < -0.39 is 83.0 Å². The van der Waals surface area contributed by atoms with Crippen LogP contribution in [0.15, 0.2) is 97.1 Å². The van der Waals surface area contributed by atoms with Crippen molar-refractivity contribution in [3.05, 3.63) is 119 Å². The van der Waals surface area contributed by atoms with Gasteiger partial charge in [-0.3, -0.25) is 19.2 Å². The molecule has 0 saturated carbocycles. The number of esters is 4. The van der Waals surface area contributed by atoms with Crippen LogP contribution in [0.5, 0.6) is 23.0 Å². The third kappa shape index (κ3) is 22.4. The van der Waals surface area contributed by atoms with Gasteiger partial charge in [0.15, 0.2) is 0 Å². The van der Waals surface area contributed by atoms with Gasteiger partial charge in [0.25, 0.3) is 11.8 Å². The summed E-state index contributed by atoms with van der Waals surface area (Å²) < 4.78 is 52.1. The van der Waals surface area contributed by atoms with E-state index in [-0.39, 0.29) is 62.3 Å². The molecule has 0 bridgehead atoms. The molecule has 0 saturated heterocycles. The molecule has 4 aromatic carbocycles. The number of hydrogen-bond acceptors (Lipinski definition) is 15. The molecule has 0 aliphatic carbocycles. The summed E-state index contributed by atoms with van der Waals surface area (Å²) in [7, 11) is 0. The number of hydrogen-bond donors (Lipinski definition) is 2. The van der Waals surface area contributed by atoms with E-state index in [2.05, 4.69) is 10.6 Å². The molecule has 17 nitrogen and oxygen atoms in total. The summed E-state index contributed by atoms with van der Waals surface area (Å²) in [6, 6.07) is 25.4. The Balaban J connectivity index is 1.50. The van der Waals surface area contributed by atoms with Crippen LogP contribution in [0.1, 0.15) is 128 Å². The Morgan fingerprint density at radius 3 is 1.10 bits per heavy atom. The van der Waals surface area contributed by atoms with Crippen LogP contribution in [-0.2, 0) is 56.1 Å². The summed E-state index contributed by atoms with van der Waals surface area (Å²) in [5, 5.41) is 5.27. The van der Waals surface area contributed by atoms with E-state index in [1.54, 1.807) is 95.2 Å². The Kier molecular flexibility index (Phi) is 21.2. The Bertz CT molecular complexity index is 2290. The van der Waals surface area contributed by atoms with Gasteiger partial charge >= 0.3 is 23.9 Å². The fraction of sp³-hybridized carbons (Fsp3) is 0.464. The summed E-state index contributed by atoms with van der Waals surface area (Å²) in [5.74, 6) is -3.55. The number of nitrogens with one attached hydrogen (secondary N) is 2.